The summed E-state index contributed by atoms with van der Waals surface area (Å²) >= 11 is 5.89. The molecule has 0 bridgehead atoms. The highest BCUT2D eigenvalue weighted by Gasteiger charge is 2.27. The fourth-order valence-electron chi connectivity index (χ4n) is 1.21. The van der Waals surface area contributed by atoms with Crippen LogP contribution in [0.15, 0.2) is 18.2 Å². The van der Waals surface area contributed by atoms with Crippen LogP contribution in [0, 0.1) is 6.92 Å². The van der Waals surface area contributed by atoms with Gasteiger partial charge in [-0.3, -0.25) is 9.05 Å². The minimum absolute atomic E-state index is 0.254. The summed E-state index contributed by atoms with van der Waals surface area (Å²) < 4.78 is 27.4. The topological polar surface area (TPSA) is 44.8 Å². The van der Waals surface area contributed by atoms with Gasteiger partial charge in [0.2, 0.25) is 0 Å². The van der Waals surface area contributed by atoms with E-state index in [0.29, 0.717) is 10.8 Å². The molecule has 0 fully saturated rings. The van der Waals surface area contributed by atoms with Gasteiger partial charge in [-0.25, -0.2) is 4.57 Å². The number of halogens is 1. The number of benzene rings is 1. The maximum absolute atomic E-state index is 12.1. The first-order chi connectivity index (χ1) is 8.00. The normalized spacial score (nSPS) is 11.5. The lowest BCUT2D eigenvalue weighted by atomic mass is 10.2. The number of phosphoric ester groups is 1. The largest absolute Gasteiger partial charge is 0.530 e. The van der Waals surface area contributed by atoms with Gasteiger partial charge in [0.1, 0.15) is 5.75 Å². The van der Waals surface area contributed by atoms with Gasteiger partial charge in [0.15, 0.2) is 0 Å². The molecule has 0 radical (unpaired) electrons. The van der Waals surface area contributed by atoms with Crippen molar-refractivity contribution in [3.63, 3.8) is 0 Å². The Balaban J connectivity index is 2.86. The zero-order valence-corrected chi connectivity index (χ0v) is 11.8. The maximum Gasteiger partial charge on any atom is 0.530 e. The van der Waals surface area contributed by atoms with Crippen molar-refractivity contribution in [2.24, 2.45) is 0 Å². The Morgan fingerprint density at radius 2 is 1.82 bits per heavy atom. The second kappa shape index (κ2) is 6.41. The highest BCUT2D eigenvalue weighted by atomic mass is 35.5. The van der Waals surface area contributed by atoms with E-state index in [0.717, 1.165) is 5.56 Å². The predicted molar refractivity (Wildman–Crippen MR) is 67.7 cm³/mol. The van der Waals surface area contributed by atoms with Gasteiger partial charge in [0.25, 0.3) is 0 Å². The molecule has 0 saturated carbocycles. The van der Waals surface area contributed by atoms with Gasteiger partial charge in [-0.1, -0.05) is 11.6 Å². The van der Waals surface area contributed by atoms with E-state index in [2.05, 4.69) is 0 Å². The summed E-state index contributed by atoms with van der Waals surface area (Å²) in [4.78, 5) is 0. The van der Waals surface area contributed by atoms with Gasteiger partial charge >= 0.3 is 7.82 Å². The summed E-state index contributed by atoms with van der Waals surface area (Å²) in [5, 5.41) is 0.625. The molecule has 0 unspecified atom stereocenters. The number of rotatable bonds is 6. The standard InChI is InChI=1S/C11H16ClO4P/c1-4-14-17(13,15-5-2)16-10-6-7-11(12)9(3)8-10/h6-8H,4-5H2,1-3H3. The van der Waals surface area contributed by atoms with Crippen molar-refractivity contribution < 1.29 is 18.1 Å². The van der Waals surface area contributed by atoms with Gasteiger partial charge < -0.3 is 4.52 Å². The zero-order valence-electron chi connectivity index (χ0n) is 10.1. The molecular formula is C11H16ClO4P. The quantitative estimate of drug-likeness (QED) is 0.731. The molecule has 4 nitrogen and oxygen atoms in total. The van der Waals surface area contributed by atoms with Crippen LogP contribution >= 0.6 is 19.4 Å². The maximum atomic E-state index is 12.1. The minimum atomic E-state index is -3.52. The Kier molecular flexibility index (Phi) is 5.47. The SMILES string of the molecule is CCOP(=O)(OCC)Oc1ccc(Cl)c(C)c1. The first-order valence-electron chi connectivity index (χ1n) is 5.35. The van der Waals surface area contributed by atoms with Crippen molar-refractivity contribution in [1.82, 2.24) is 0 Å². The minimum Gasteiger partial charge on any atom is -0.404 e. The molecule has 0 heterocycles. The highest BCUT2D eigenvalue weighted by Crippen LogP contribution is 2.49. The number of hydrogen-bond acceptors (Lipinski definition) is 4. The van der Waals surface area contributed by atoms with Gasteiger partial charge in [-0.2, -0.15) is 0 Å². The zero-order chi connectivity index (χ0) is 12.9. The molecular weight excluding hydrogens is 263 g/mol. The molecule has 6 heteroatoms. The van der Waals surface area contributed by atoms with Crippen molar-refractivity contribution >= 4 is 19.4 Å². The van der Waals surface area contributed by atoms with Crippen LogP contribution in [0.1, 0.15) is 19.4 Å². The van der Waals surface area contributed by atoms with Crippen molar-refractivity contribution in [1.29, 1.82) is 0 Å². The number of hydrogen-bond donors (Lipinski definition) is 0. The molecule has 0 saturated heterocycles. The second-order valence-electron chi connectivity index (χ2n) is 3.29. The van der Waals surface area contributed by atoms with Crippen LogP contribution in [0.4, 0.5) is 0 Å². The van der Waals surface area contributed by atoms with Crippen LogP contribution in [-0.4, -0.2) is 13.2 Å². The monoisotopic (exact) mass is 278 g/mol. The molecule has 0 aliphatic heterocycles. The Hall–Kier alpha value is -0.540. The summed E-state index contributed by atoms with van der Waals surface area (Å²) in [7, 11) is -3.52. The first-order valence-corrected chi connectivity index (χ1v) is 7.19. The van der Waals surface area contributed by atoms with Crippen molar-refractivity contribution in [3.8, 4) is 5.75 Å². The van der Waals surface area contributed by atoms with E-state index < -0.39 is 7.82 Å². The van der Waals surface area contributed by atoms with Crippen molar-refractivity contribution in [2.45, 2.75) is 20.8 Å². The molecule has 17 heavy (non-hydrogen) atoms. The molecule has 0 aliphatic rings. The van der Waals surface area contributed by atoms with E-state index in [1.807, 2.05) is 6.92 Å². The van der Waals surface area contributed by atoms with Gasteiger partial charge in [0, 0.05) is 5.02 Å². The third-order valence-electron chi connectivity index (χ3n) is 1.92. The van der Waals surface area contributed by atoms with E-state index in [-0.39, 0.29) is 13.2 Å². The lowest BCUT2D eigenvalue weighted by Crippen LogP contribution is -2.02. The van der Waals surface area contributed by atoms with Crippen LogP contribution in [0.2, 0.25) is 5.02 Å². The Morgan fingerprint density at radius 1 is 1.24 bits per heavy atom. The Bertz CT molecular complexity index is 412. The summed E-state index contributed by atoms with van der Waals surface area (Å²) in [6.07, 6.45) is 0. The van der Waals surface area contributed by atoms with Crippen LogP contribution in [0.3, 0.4) is 0 Å². The Morgan fingerprint density at radius 3 is 2.29 bits per heavy atom. The third-order valence-corrected chi connectivity index (χ3v) is 3.93. The molecule has 96 valence electrons. The van der Waals surface area contributed by atoms with Crippen LogP contribution in [-0.2, 0) is 13.6 Å². The fraction of sp³-hybridized carbons (Fsp3) is 0.455. The molecule has 1 aromatic rings. The molecule has 0 aromatic heterocycles. The fourth-order valence-corrected chi connectivity index (χ4v) is 2.51. The summed E-state index contributed by atoms with van der Waals surface area (Å²) in [5.41, 5.74) is 0.837. The summed E-state index contributed by atoms with van der Waals surface area (Å²) in [6, 6.07) is 4.99. The first kappa shape index (κ1) is 14.5. The smallest absolute Gasteiger partial charge is 0.404 e. The third kappa shape index (κ3) is 4.32. The van der Waals surface area contributed by atoms with E-state index >= 15 is 0 Å². The van der Waals surface area contributed by atoms with E-state index in [1.54, 1.807) is 32.0 Å². The predicted octanol–water partition coefficient (Wildman–Crippen LogP) is 4.21. The second-order valence-corrected chi connectivity index (χ2v) is 5.29. The van der Waals surface area contributed by atoms with Gasteiger partial charge in [-0.15, -0.1) is 0 Å². The van der Waals surface area contributed by atoms with Crippen LogP contribution in [0.5, 0.6) is 5.75 Å². The summed E-state index contributed by atoms with van der Waals surface area (Å²) in [5.74, 6) is 0.414. The average Bonchev–Trinajstić information content (AvgIpc) is 2.24. The van der Waals surface area contributed by atoms with Crippen molar-refractivity contribution in [2.75, 3.05) is 13.2 Å². The molecule has 0 aliphatic carbocycles. The molecule has 0 amide bonds. The van der Waals surface area contributed by atoms with E-state index in [9.17, 15) is 4.57 Å². The van der Waals surface area contributed by atoms with Gasteiger partial charge in [0.05, 0.1) is 13.2 Å². The Labute approximate surface area is 106 Å². The molecule has 1 aromatic carbocycles. The van der Waals surface area contributed by atoms with Crippen molar-refractivity contribution in [3.05, 3.63) is 28.8 Å². The number of aryl methyl sites for hydroxylation is 1. The molecule has 0 atom stereocenters. The highest BCUT2D eigenvalue weighted by molar-refractivity contribution is 7.48. The molecule has 0 N–H and O–H groups in total. The molecule has 1 rings (SSSR count). The van der Waals surface area contributed by atoms with Gasteiger partial charge in [-0.05, 0) is 44.5 Å². The summed E-state index contributed by atoms with van der Waals surface area (Å²) in [6.45, 7) is 5.79. The van der Waals surface area contributed by atoms with Crippen LogP contribution < -0.4 is 4.52 Å². The average molecular weight is 279 g/mol. The lowest BCUT2D eigenvalue weighted by Gasteiger charge is -2.17. The lowest BCUT2D eigenvalue weighted by molar-refractivity contribution is 0.167. The number of phosphoric acid groups is 1. The van der Waals surface area contributed by atoms with E-state index in [4.69, 9.17) is 25.2 Å². The van der Waals surface area contributed by atoms with Crippen LogP contribution in [0.25, 0.3) is 0 Å². The van der Waals surface area contributed by atoms with E-state index in [1.165, 1.54) is 0 Å². The molecule has 0 spiro atoms.